The fraction of sp³-hybridized carbons (Fsp3) is 0.176. The first-order valence-electron chi connectivity index (χ1n) is 7.40. The van der Waals surface area contributed by atoms with Crippen molar-refractivity contribution < 1.29 is 4.92 Å². The molecule has 0 saturated carbocycles. The first-order chi connectivity index (χ1) is 11.5. The van der Waals surface area contributed by atoms with Gasteiger partial charge in [0, 0.05) is 17.8 Å². The van der Waals surface area contributed by atoms with Crippen LogP contribution in [0.15, 0.2) is 53.6 Å². The number of hydrogen-bond acceptors (Lipinski definition) is 4. The second-order valence-corrected chi connectivity index (χ2v) is 5.86. The Morgan fingerprint density at radius 1 is 1.17 bits per heavy atom. The summed E-state index contributed by atoms with van der Waals surface area (Å²) in [6.07, 6.45) is 1.54. The Kier molecular flexibility index (Phi) is 5.97. The van der Waals surface area contributed by atoms with E-state index in [0.29, 0.717) is 11.0 Å². The maximum Gasteiger partial charge on any atom is 0.269 e. The van der Waals surface area contributed by atoms with E-state index < -0.39 is 4.92 Å². The molecule has 124 valence electrons. The Morgan fingerprint density at radius 2 is 1.79 bits per heavy atom. The zero-order chi connectivity index (χ0) is 17.5. The maximum atomic E-state index is 10.6. The number of thiocarbonyl (C=S) groups is 1. The van der Waals surface area contributed by atoms with Gasteiger partial charge in [-0.25, -0.2) is 0 Å². The molecule has 6 nitrogen and oxygen atoms in total. The molecule has 0 saturated heterocycles. The number of benzene rings is 2. The third kappa shape index (κ3) is 5.13. The molecular formula is C17H18N4O2S. The number of hydrazone groups is 1. The molecule has 0 heterocycles. The van der Waals surface area contributed by atoms with Gasteiger partial charge in [-0.1, -0.05) is 26.0 Å². The average Bonchev–Trinajstić information content (AvgIpc) is 2.55. The normalized spacial score (nSPS) is 10.8. The van der Waals surface area contributed by atoms with Gasteiger partial charge in [0.1, 0.15) is 0 Å². The van der Waals surface area contributed by atoms with Crippen LogP contribution >= 0.6 is 12.2 Å². The third-order valence-corrected chi connectivity index (χ3v) is 3.51. The molecule has 0 atom stereocenters. The summed E-state index contributed by atoms with van der Waals surface area (Å²) in [7, 11) is 0. The van der Waals surface area contributed by atoms with E-state index in [4.69, 9.17) is 12.2 Å². The summed E-state index contributed by atoms with van der Waals surface area (Å²) < 4.78 is 0. The summed E-state index contributed by atoms with van der Waals surface area (Å²) in [4.78, 5) is 10.1. The molecule has 0 spiro atoms. The van der Waals surface area contributed by atoms with Crippen LogP contribution in [0.3, 0.4) is 0 Å². The number of hydrogen-bond donors (Lipinski definition) is 2. The lowest BCUT2D eigenvalue weighted by Crippen LogP contribution is -2.23. The van der Waals surface area contributed by atoms with Crippen LogP contribution < -0.4 is 10.7 Å². The Bertz CT molecular complexity index is 740. The van der Waals surface area contributed by atoms with Crippen LogP contribution in [0.1, 0.15) is 30.9 Å². The standard InChI is InChI=1S/C17H18N4O2S/c1-12(2)14-5-7-15(8-6-14)19-17(24)20-18-11-13-3-9-16(10-4-13)21(22)23/h3-12H,1-2H3,(H2,19,20,24)/b18-11+. The van der Waals surface area contributed by atoms with Crippen LogP contribution in [-0.2, 0) is 0 Å². The van der Waals surface area contributed by atoms with E-state index in [0.717, 1.165) is 11.3 Å². The fourth-order valence-electron chi connectivity index (χ4n) is 1.96. The third-order valence-electron chi connectivity index (χ3n) is 3.32. The SMILES string of the molecule is CC(C)c1ccc(NC(=S)N/N=C/c2ccc([N+](=O)[O-])cc2)cc1. The molecule has 0 bridgehead atoms. The van der Waals surface area contributed by atoms with Gasteiger partial charge in [-0.3, -0.25) is 15.5 Å². The number of rotatable bonds is 5. The van der Waals surface area contributed by atoms with Gasteiger partial charge < -0.3 is 5.32 Å². The summed E-state index contributed by atoms with van der Waals surface area (Å²) in [6.45, 7) is 4.28. The summed E-state index contributed by atoms with van der Waals surface area (Å²) in [5.41, 5.74) is 5.62. The molecule has 0 aliphatic carbocycles. The minimum atomic E-state index is -0.442. The van der Waals surface area contributed by atoms with E-state index in [2.05, 4.69) is 41.8 Å². The molecule has 0 radical (unpaired) electrons. The Labute approximate surface area is 145 Å². The molecule has 0 unspecified atom stereocenters. The van der Waals surface area contributed by atoms with E-state index in [1.54, 1.807) is 18.3 Å². The van der Waals surface area contributed by atoms with E-state index in [9.17, 15) is 10.1 Å². The van der Waals surface area contributed by atoms with Gasteiger partial charge >= 0.3 is 0 Å². The van der Waals surface area contributed by atoms with Gasteiger partial charge in [0.05, 0.1) is 11.1 Å². The highest BCUT2D eigenvalue weighted by molar-refractivity contribution is 7.80. The summed E-state index contributed by atoms with van der Waals surface area (Å²) in [5, 5.41) is 18.0. The molecular weight excluding hydrogens is 324 g/mol. The van der Waals surface area contributed by atoms with Gasteiger partial charge in [0.15, 0.2) is 5.11 Å². The lowest BCUT2D eigenvalue weighted by Gasteiger charge is -2.09. The molecule has 2 rings (SSSR count). The molecule has 24 heavy (non-hydrogen) atoms. The molecule has 2 aromatic rings. The van der Waals surface area contributed by atoms with Crippen LogP contribution in [0.25, 0.3) is 0 Å². The van der Waals surface area contributed by atoms with Crippen LogP contribution in [0.4, 0.5) is 11.4 Å². The molecule has 2 aromatic carbocycles. The van der Waals surface area contributed by atoms with Crippen LogP contribution in [0.5, 0.6) is 0 Å². The first kappa shape index (κ1) is 17.6. The number of nitrogens with one attached hydrogen (secondary N) is 2. The first-order valence-corrected chi connectivity index (χ1v) is 7.81. The number of non-ortho nitro benzene ring substituents is 1. The van der Waals surface area contributed by atoms with Crippen molar-refractivity contribution >= 4 is 34.9 Å². The molecule has 0 amide bonds. The predicted octanol–water partition coefficient (Wildman–Crippen LogP) is 4.04. The van der Waals surface area contributed by atoms with Crippen LogP contribution in [0, 0.1) is 10.1 Å². The summed E-state index contributed by atoms with van der Waals surface area (Å²) in [5.74, 6) is 0.482. The van der Waals surface area contributed by atoms with Crippen molar-refractivity contribution in [2.75, 3.05) is 5.32 Å². The average molecular weight is 342 g/mol. The maximum absolute atomic E-state index is 10.6. The minimum absolute atomic E-state index is 0.0436. The molecule has 0 aliphatic rings. The Hall–Kier alpha value is -2.80. The van der Waals surface area contributed by atoms with Crippen molar-refractivity contribution in [2.45, 2.75) is 19.8 Å². The van der Waals surface area contributed by atoms with Crippen molar-refractivity contribution in [1.82, 2.24) is 5.43 Å². The van der Waals surface area contributed by atoms with Gasteiger partial charge in [-0.2, -0.15) is 5.10 Å². The highest BCUT2D eigenvalue weighted by Crippen LogP contribution is 2.17. The minimum Gasteiger partial charge on any atom is -0.331 e. The van der Waals surface area contributed by atoms with Crippen molar-refractivity contribution in [1.29, 1.82) is 0 Å². The topological polar surface area (TPSA) is 79.6 Å². The number of anilines is 1. The summed E-state index contributed by atoms with van der Waals surface area (Å²) >= 11 is 5.17. The summed E-state index contributed by atoms with van der Waals surface area (Å²) in [6, 6.07) is 14.1. The highest BCUT2D eigenvalue weighted by atomic mass is 32.1. The number of nitro groups is 1. The van der Waals surface area contributed by atoms with Crippen molar-refractivity contribution in [3.63, 3.8) is 0 Å². The fourth-order valence-corrected chi connectivity index (χ4v) is 2.13. The predicted molar refractivity (Wildman–Crippen MR) is 101 cm³/mol. The zero-order valence-corrected chi connectivity index (χ0v) is 14.2. The number of nitro benzene ring substituents is 1. The van der Waals surface area contributed by atoms with E-state index in [1.165, 1.54) is 17.7 Å². The van der Waals surface area contributed by atoms with Crippen molar-refractivity contribution in [3.8, 4) is 0 Å². The van der Waals surface area contributed by atoms with Gasteiger partial charge in [-0.05, 0) is 53.5 Å². The largest absolute Gasteiger partial charge is 0.331 e. The lowest BCUT2D eigenvalue weighted by atomic mass is 10.0. The monoisotopic (exact) mass is 342 g/mol. The highest BCUT2D eigenvalue weighted by Gasteiger charge is 2.03. The lowest BCUT2D eigenvalue weighted by molar-refractivity contribution is -0.384. The Balaban J connectivity index is 1.87. The Morgan fingerprint density at radius 3 is 2.33 bits per heavy atom. The van der Waals surface area contributed by atoms with Crippen molar-refractivity contribution in [3.05, 3.63) is 69.8 Å². The van der Waals surface area contributed by atoms with Crippen molar-refractivity contribution in [2.24, 2.45) is 5.10 Å². The molecule has 0 aliphatic heterocycles. The second kappa shape index (κ2) is 8.16. The van der Waals surface area contributed by atoms with E-state index >= 15 is 0 Å². The smallest absolute Gasteiger partial charge is 0.269 e. The molecule has 7 heteroatoms. The van der Waals surface area contributed by atoms with Crippen LogP contribution in [0.2, 0.25) is 0 Å². The molecule has 0 aromatic heterocycles. The quantitative estimate of drug-likeness (QED) is 0.371. The van der Waals surface area contributed by atoms with Gasteiger partial charge in [0.25, 0.3) is 5.69 Å². The second-order valence-electron chi connectivity index (χ2n) is 5.45. The van der Waals surface area contributed by atoms with E-state index in [-0.39, 0.29) is 5.69 Å². The van der Waals surface area contributed by atoms with Gasteiger partial charge in [0.2, 0.25) is 0 Å². The number of nitrogens with zero attached hydrogens (tertiary/aromatic N) is 2. The molecule has 0 fully saturated rings. The van der Waals surface area contributed by atoms with E-state index in [1.807, 2.05) is 12.1 Å². The van der Waals surface area contributed by atoms with Crippen LogP contribution in [-0.4, -0.2) is 16.3 Å². The van der Waals surface area contributed by atoms with Gasteiger partial charge in [-0.15, -0.1) is 0 Å². The zero-order valence-electron chi connectivity index (χ0n) is 13.4. The molecule has 2 N–H and O–H groups in total.